The summed E-state index contributed by atoms with van der Waals surface area (Å²) in [4.78, 5) is 28.5. The number of nitrogens with two attached hydrogens (primary N) is 1. The summed E-state index contributed by atoms with van der Waals surface area (Å²) in [5.41, 5.74) is 7.55. The monoisotopic (exact) mass is 403 g/mol. The van der Waals surface area contributed by atoms with E-state index in [9.17, 15) is 9.59 Å². The van der Waals surface area contributed by atoms with E-state index in [2.05, 4.69) is 15.4 Å². The van der Waals surface area contributed by atoms with Gasteiger partial charge in [0.2, 0.25) is 0 Å². The first-order chi connectivity index (χ1) is 12.8. The van der Waals surface area contributed by atoms with Crippen LogP contribution in [-0.2, 0) is 0 Å². The number of rotatable bonds is 4. The highest BCUT2D eigenvalue weighted by atomic mass is 35.5. The van der Waals surface area contributed by atoms with Crippen LogP contribution in [0.5, 0.6) is 0 Å². The molecule has 9 heteroatoms. The van der Waals surface area contributed by atoms with Crippen LogP contribution in [0.15, 0.2) is 36.5 Å². The van der Waals surface area contributed by atoms with Crippen molar-refractivity contribution in [1.29, 1.82) is 0 Å². The van der Waals surface area contributed by atoms with Gasteiger partial charge in [-0.25, -0.2) is 9.67 Å². The van der Waals surface area contributed by atoms with Crippen LogP contribution >= 0.6 is 23.2 Å². The van der Waals surface area contributed by atoms with Crippen molar-refractivity contribution in [2.75, 3.05) is 7.05 Å². The van der Waals surface area contributed by atoms with E-state index in [4.69, 9.17) is 28.9 Å². The number of aryl methyl sites for hydroxylation is 1. The molecule has 0 saturated carbocycles. The van der Waals surface area contributed by atoms with Gasteiger partial charge in [-0.05, 0) is 42.8 Å². The summed E-state index contributed by atoms with van der Waals surface area (Å²) in [7, 11) is 1.52. The van der Waals surface area contributed by atoms with Gasteiger partial charge in [0.25, 0.3) is 11.8 Å². The maximum atomic E-state index is 12.3. The highest BCUT2D eigenvalue weighted by molar-refractivity contribution is 6.32. The van der Waals surface area contributed by atoms with Crippen molar-refractivity contribution in [1.82, 2.24) is 20.1 Å². The molecule has 2 aromatic heterocycles. The van der Waals surface area contributed by atoms with Crippen LogP contribution in [0.3, 0.4) is 0 Å². The molecule has 3 N–H and O–H groups in total. The molecule has 2 amide bonds. The van der Waals surface area contributed by atoms with E-state index in [0.29, 0.717) is 32.4 Å². The van der Waals surface area contributed by atoms with Crippen molar-refractivity contribution < 1.29 is 9.59 Å². The lowest BCUT2D eigenvalue weighted by molar-refractivity contribution is 0.0961. The molecule has 2 heterocycles. The Morgan fingerprint density at radius 2 is 1.96 bits per heavy atom. The number of hydrogen-bond acceptors (Lipinski definition) is 4. The van der Waals surface area contributed by atoms with Crippen LogP contribution in [0.4, 0.5) is 0 Å². The van der Waals surface area contributed by atoms with Gasteiger partial charge >= 0.3 is 0 Å². The van der Waals surface area contributed by atoms with E-state index in [-0.39, 0.29) is 17.4 Å². The van der Waals surface area contributed by atoms with E-state index >= 15 is 0 Å². The van der Waals surface area contributed by atoms with Crippen LogP contribution in [0.25, 0.3) is 17.1 Å². The third kappa shape index (κ3) is 3.51. The molecular formula is C18H15Cl2N5O2. The number of carbonyl (C=O) groups is 2. The van der Waals surface area contributed by atoms with Crippen molar-refractivity contribution in [3.63, 3.8) is 0 Å². The minimum atomic E-state index is -0.705. The molecule has 138 valence electrons. The number of amides is 2. The smallest absolute Gasteiger partial charge is 0.267 e. The fourth-order valence-electron chi connectivity index (χ4n) is 2.77. The summed E-state index contributed by atoms with van der Waals surface area (Å²) >= 11 is 12.3. The molecular weight excluding hydrogens is 389 g/mol. The Kier molecular flexibility index (Phi) is 5.16. The molecule has 0 fully saturated rings. The second-order valence-electron chi connectivity index (χ2n) is 5.72. The average molecular weight is 404 g/mol. The predicted molar refractivity (Wildman–Crippen MR) is 103 cm³/mol. The SMILES string of the molecule is CNC(=O)c1cc(Cl)cc(C)c1-c1cc(C(N)=O)n(-c2ncccc2Cl)n1. The molecule has 0 bridgehead atoms. The van der Waals surface area contributed by atoms with Crippen molar-refractivity contribution >= 4 is 35.0 Å². The van der Waals surface area contributed by atoms with Gasteiger partial charge in [0.15, 0.2) is 5.82 Å². The molecule has 0 spiro atoms. The van der Waals surface area contributed by atoms with Crippen molar-refractivity contribution in [2.24, 2.45) is 5.73 Å². The fraction of sp³-hybridized carbons (Fsp3) is 0.111. The molecule has 0 aliphatic heterocycles. The number of aromatic nitrogens is 3. The molecule has 1 aromatic carbocycles. The maximum absolute atomic E-state index is 12.3. The molecule has 0 aliphatic rings. The largest absolute Gasteiger partial charge is 0.364 e. The number of hydrogen-bond donors (Lipinski definition) is 2. The second kappa shape index (κ2) is 7.38. The lowest BCUT2D eigenvalue weighted by Gasteiger charge is -2.11. The maximum Gasteiger partial charge on any atom is 0.267 e. The van der Waals surface area contributed by atoms with Gasteiger partial charge in [-0.2, -0.15) is 5.10 Å². The van der Waals surface area contributed by atoms with Gasteiger partial charge in [-0.15, -0.1) is 0 Å². The summed E-state index contributed by atoms with van der Waals surface area (Å²) in [6.07, 6.45) is 1.52. The Hall–Kier alpha value is -2.90. The molecule has 7 nitrogen and oxygen atoms in total. The van der Waals surface area contributed by atoms with Gasteiger partial charge in [0.05, 0.1) is 16.3 Å². The van der Waals surface area contributed by atoms with Gasteiger partial charge in [-0.3, -0.25) is 9.59 Å². The van der Waals surface area contributed by atoms with Crippen LogP contribution in [0.1, 0.15) is 26.4 Å². The van der Waals surface area contributed by atoms with E-state index < -0.39 is 5.91 Å². The molecule has 3 rings (SSSR count). The molecule has 27 heavy (non-hydrogen) atoms. The van der Waals surface area contributed by atoms with Crippen molar-refractivity contribution in [3.05, 3.63) is 63.4 Å². The Bertz CT molecular complexity index is 1060. The number of nitrogens with one attached hydrogen (secondary N) is 1. The minimum Gasteiger partial charge on any atom is -0.364 e. The van der Waals surface area contributed by atoms with Crippen LogP contribution < -0.4 is 11.1 Å². The van der Waals surface area contributed by atoms with Crippen molar-refractivity contribution in [3.8, 4) is 17.1 Å². The second-order valence-corrected chi connectivity index (χ2v) is 6.57. The van der Waals surface area contributed by atoms with E-state index in [0.717, 1.165) is 0 Å². The lowest BCUT2D eigenvalue weighted by Crippen LogP contribution is -2.19. The van der Waals surface area contributed by atoms with Gasteiger partial charge in [0, 0.05) is 23.8 Å². The first-order valence-electron chi connectivity index (χ1n) is 7.86. The molecule has 0 aliphatic carbocycles. The standard InChI is InChI=1S/C18H15Cl2N5O2/c1-9-6-10(19)7-11(18(27)22-2)15(9)13-8-14(16(21)26)25(24-13)17-12(20)4-3-5-23-17/h3-8H,1-2H3,(H2,21,26)(H,22,27). The van der Waals surface area contributed by atoms with Crippen LogP contribution in [-0.4, -0.2) is 33.6 Å². The number of halogens is 2. The first-order valence-corrected chi connectivity index (χ1v) is 8.62. The Labute approximate surface area is 165 Å². The number of primary amides is 1. The van der Waals surface area contributed by atoms with E-state index in [1.807, 2.05) is 0 Å². The number of nitrogens with zero attached hydrogens (tertiary/aromatic N) is 3. The molecule has 3 aromatic rings. The van der Waals surface area contributed by atoms with Crippen LogP contribution in [0.2, 0.25) is 10.0 Å². The van der Waals surface area contributed by atoms with Crippen LogP contribution in [0, 0.1) is 6.92 Å². The molecule has 0 atom stereocenters. The zero-order valence-electron chi connectivity index (χ0n) is 14.5. The zero-order chi connectivity index (χ0) is 19.7. The number of carbonyl (C=O) groups excluding carboxylic acids is 2. The third-order valence-electron chi connectivity index (χ3n) is 3.93. The van der Waals surface area contributed by atoms with Gasteiger partial charge in [0.1, 0.15) is 5.69 Å². The lowest BCUT2D eigenvalue weighted by atomic mass is 9.98. The fourth-order valence-corrected chi connectivity index (χ4v) is 3.24. The summed E-state index contributed by atoms with van der Waals surface area (Å²) < 4.78 is 1.27. The Morgan fingerprint density at radius 3 is 2.59 bits per heavy atom. The Balaban J connectivity index is 2.29. The minimum absolute atomic E-state index is 0.0859. The zero-order valence-corrected chi connectivity index (χ0v) is 16.0. The highest BCUT2D eigenvalue weighted by Gasteiger charge is 2.22. The van der Waals surface area contributed by atoms with Crippen molar-refractivity contribution in [2.45, 2.75) is 6.92 Å². The van der Waals surface area contributed by atoms with E-state index in [1.54, 1.807) is 31.2 Å². The molecule has 0 unspecified atom stereocenters. The third-order valence-corrected chi connectivity index (χ3v) is 4.44. The molecule has 0 radical (unpaired) electrons. The molecule has 0 saturated heterocycles. The van der Waals surface area contributed by atoms with E-state index in [1.165, 1.54) is 24.0 Å². The average Bonchev–Trinajstić information content (AvgIpc) is 3.05. The summed E-state index contributed by atoms with van der Waals surface area (Å²) in [5, 5.41) is 7.73. The normalized spacial score (nSPS) is 10.7. The first kappa shape index (κ1) is 18.9. The summed E-state index contributed by atoms with van der Waals surface area (Å²) in [6, 6.07) is 8.03. The Morgan fingerprint density at radius 1 is 1.22 bits per heavy atom. The van der Waals surface area contributed by atoms with Gasteiger partial charge in [-0.1, -0.05) is 23.2 Å². The quantitative estimate of drug-likeness (QED) is 0.698. The number of benzene rings is 1. The predicted octanol–water partition coefficient (Wildman–Crippen LogP) is 3.01. The van der Waals surface area contributed by atoms with Gasteiger partial charge < -0.3 is 11.1 Å². The topological polar surface area (TPSA) is 103 Å². The summed E-state index contributed by atoms with van der Waals surface area (Å²) in [5.74, 6) is -0.780. The highest BCUT2D eigenvalue weighted by Crippen LogP contribution is 2.31. The number of pyridine rings is 1. The summed E-state index contributed by atoms with van der Waals surface area (Å²) in [6.45, 7) is 1.80.